The van der Waals surface area contributed by atoms with Gasteiger partial charge in [-0.2, -0.15) is 0 Å². The van der Waals surface area contributed by atoms with Crippen molar-refractivity contribution in [3.05, 3.63) is 114 Å². The topological polar surface area (TPSA) is 142 Å². The molecule has 0 unspecified atom stereocenters. The van der Waals surface area contributed by atoms with Gasteiger partial charge in [0.15, 0.2) is 12.1 Å². The molecule has 1 aliphatic carbocycles. The number of ether oxygens (including phenoxy) is 1. The summed E-state index contributed by atoms with van der Waals surface area (Å²) in [7, 11) is 0. The second-order valence-corrected chi connectivity index (χ2v) is 9.65. The molecule has 0 aliphatic heterocycles. The van der Waals surface area contributed by atoms with Crippen LogP contribution in [0, 0.1) is 0 Å². The Morgan fingerprint density at radius 2 is 1.57 bits per heavy atom. The molecule has 1 heterocycles. The zero-order valence-electron chi connectivity index (χ0n) is 21.4. The van der Waals surface area contributed by atoms with Gasteiger partial charge in [-0.15, -0.1) is 0 Å². The third-order valence-corrected chi connectivity index (χ3v) is 7.13. The van der Waals surface area contributed by atoms with E-state index in [0.29, 0.717) is 22.3 Å². The number of aliphatic hydroxyl groups is 1. The molecule has 1 aromatic heterocycles. The van der Waals surface area contributed by atoms with Gasteiger partial charge in [0.05, 0.1) is 17.1 Å². The van der Waals surface area contributed by atoms with E-state index in [9.17, 15) is 14.7 Å². The van der Waals surface area contributed by atoms with Crippen molar-refractivity contribution < 1.29 is 19.4 Å². The minimum Gasteiger partial charge on any atom is -0.449 e. The molecular weight excluding hydrogens is 506 g/mol. The maximum atomic E-state index is 13.1. The largest absolute Gasteiger partial charge is 0.449 e. The average molecular weight is 534 g/mol. The molecule has 0 saturated carbocycles. The Labute approximate surface area is 230 Å². The van der Waals surface area contributed by atoms with Crippen molar-refractivity contribution in [2.45, 2.75) is 18.1 Å². The number of hydrogen-bond acceptors (Lipinski definition) is 6. The lowest BCUT2D eigenvalue weighted by molar-refractivity contribution is -0.125. The predicted octanol–water partition coefficient (Wildman–Crippen LogP) is 4.72. The number of nitrogens with two attached hydrogens (primary N) is 1. The second-order valence-electron chi connectivity index (χ2n) is 9.65. The molecule has 0 saturated heterocycles. The lowest BCUT2D eigenvalue weighted by Gasteiger charge is -2.24. The van der Waals surface area contributed by atoms with Crippen LogP contribution in [-0.2, 0) is 9.53 Å². The van der Waals surface area contributed by atoms with Gasteiger partial charge in [-0.25, -0.2) is 9.78 Å². The minimum atomic E-state index is -1.61. The molecule has 9 nitrogen and oxygen atoms in total. The highest BCUT2D eigenvalue weighted by Gasteiger charge is 2.32. The Morgan fingerprint density at radius 1 is 0.925 bits per heavy atom. The van der Waals surface area contributed by atoms with E-state index in [0.717, 1.165) is 22.3 Å². The van der Waals surface area contributed by atoms with Gasteiger partial charge >= 0.3 is 6.09 Å². The van der Waals surface area contributed by atoms with Gasteiger partial charge in [0.2, 0.25) is 0 Å². The number of nitrogen functional groups attached to an aromatic ring is 1. The Bertz CT molecular complexity index is 1660. The first-order valence-electron chi connectivity index (χ1n) is 12.9. The molecule has 9 heteroatoms. The van der Waals surface area contributed by atoms with Gasteiger partial charge in [0, 0.05) is 11.6 Å². The molecule has 0 spiro atoms. The Hall–Kier alpha value is -5.15. The first kappa shape index (κ1) is 25.1. The number of hydrogen-bond donors (Lipinski definition) is 5. The zero-order chi connectivity index (χ0) is 27.6. The number of nitrogens with zero attached hydrogens (tertiary/aromatic N) is 1. The van der Waals surface area contributed by atoms with Crippen molar-refractivity contribution in [1.29, 1.82) is 0 Å². The first-order valence-corrected chi connectivity index (χ1v) is 12.9. The fourth-order valence-electron chi connectivity index (χ4n) is 5.25. The number of aromatic amines is 1. The zero-order valence-corrected chi connectivity index (χ0v) is 21.4. The second kappa shape index (κ2) is 10.5. The van der Waals surface area contributed by atoms with E-state index >= 15 is 0 Å². The van der Waals surface area contributed by atoms with Crippen LogP contribution in [0.5, 0.6) is 0 Å². The molecule has 1 aliphatic rings. The van der Waals surface area contributed by atoms with Gasteiger partial charge in [0.25, 0.3) is 5.91 Å². The molecule has 6 N–H and O–H groups in total. The fourth-order valence-corrected chi connectivity index (χ4v) is 5.25. The summed E-state index contributed by atoms with van der Waals surface area (Å²) in [4.78, 5) is 33.2. The third kappa shape index (κ3) is 4.85. The summed E-state index contributed by atoms with van der Waals surface area (Å²) in [5, 5.41) is 16.5. The molecule has 0 fully saturated rings. The van der Waals surface area contributed by atoms with E-state index in [1.807, 2.05) is 42.5 Å². The molecule has 200 valence electrons. The Kier molecular flexibility index (Phi) is 6.63. The Balaban J connectivity index is 1.17. The molecule has 6 rings (SSSR count). The van der Waals surface area contributed by atoms with Crippen LogP contribution in [0.1, 0.15) is 28.7 Å². The molecule has 0 radical (unpaired) electrons. The monoisotopic (exact) mass is 533 g/mol. The summed E-state index contributed by atoms with van der Waals surface area (Å²) in [6.07, 6.45) is -2.35. The van der Waals surface area contributed by atoms with Gasteiger partial charge < -0.3 is 31.2 Å². The smallest absolute Gasteiger partial charge is 0.407 e. The molecule has 5 aromatic rings. The van der Waals surface area contributed by atoms with Crippen LogP contribution >= 0.6 is 0 Å². The SMILES string of the molecule is Nc1nc2ccc(NC(=O)[C@H](O)[C@@H](NC(=O)OCC3c4ccccc4-c4ccccc43)c3ccccc3)cc2[nH]1. The number of fused-ring (bicyclic) bond motifs is 4. The lowest BCUT2D eigenvalue weighted by atomic mass is 9.98. The van der Waals surface area contributed by atoms with Crippen LogP contribution in [0.15, 0.2) is 97.1 Å². The van der Waals surface area contributed by atoms with Gasteiger partial charge in [-0.3, -0.25) is 4.79 Å². The highest BCUT2D eigenvalue weighted by atomic mass is 16.5. The number of anilines is 2. The summed E-state index contributed by atoms with van der Waals surface area (Å²) >= 11 is 0. The van der Waals surface area contributed by atoms with Crippen LogP contribution in [-0.4, -0.2) is 39.8 Å². The summed E-state index contributed by atoms with van der Waals surface area (Å²) in [6.45, 7) is 0.108. The molecule has 2 amide bonds. The number of rotatable bonds is 7. The van der Waals surface area contributed by atoms with Crippen LogP contribution in [0.3, 0.4) is 0 Å². The van der Waals surface area contributed by atoms with E-state index in [1.54, 1.807) is 42.5 Å². The number of aromatic nitrogens is 2. The van der Waals surface area contributed by atoms with E-state index in [-0.39, 0.29) is 18.5 Å². The maximum Gasteiger partial charge on any atom is 0.407 e. The average Bonchev–Trinajstić information content (AvgIpc) is 3.51. The van der Waals surface area contributed by atoms with Crippen LogP contribution in [0.25, 0.3) is 22.2 Å². The highest BCUT2D eigenvalue weighted by molar-refractivity contribution is 5.96. The van der Waals surface area contributed by atoms with Gasteiger partial charge in [-0.1, -0.05) is 78.9 Å². The quantitative estimate of drug-likeness (QED) is 0.205. The van der Waals surface area contributed by atoms with Crippen molar-refractivity contribution in [2.24, 2.45) is 0 Å². The number of carbonyl (C=O) groups excluding carboxylic acids is 2. The van der Waals surface area contributed by atoms with E-state index in [4.69, 9.17) is 10.5 Å². The summed E-state index contributed by atoms with van der Waals surface area (Å²) < 4.78 is 5.67. The predicted molar refractivity (Wildman–Crippen MR) is 153 cm³/mol. The fraction of sp³-hybridized carbons (Fsp3) is 0.129. The number of benzene rings is 4. The van der Waals surface area contributed by atoms with E-state index < -0.39 is 24.1 Å². The number of alkyl carbamates (subject to hydrolysis) is 1. The van der Waals surface area contributed by atoms with E-state index in [1.165, 1.54) is 0 Å². The number of imidazole rings is 1. The van der Waals surface area contributed by atoms with Crippen molar-refractivity contribution in [2.75, 3.05) is 17.7 Å². The number of nitrogens with one attached hydrogen (secondary N) is 3. The van der Waals surface area contributed by atoms with Crippen molar-refractivity contribution in [3.63, 3.8) is 0 Å². The standard InChI is InChI=1S/C31H27N5O4/c32-30-34-25-15-14-19(16-26(25)35-30)33-29(38)28(37)27(18-8-2-1-3-9-18)36-31(39)40-17-24-22-12-6-4-10-20(22)21-11-5-7-13-23(21)24/h1-16,24,27-28,37H,17H2,(H,33,38)(H,36,39)(H3,32,34,35)/t27-,28+/m0/s1. The molecular formula is C31H27N5O4. The maximum absolute atomic E-state index is 13.1. The minimum absolute atomic E-state index is 0.108. The van der Waals surface area contributed by atoms with Gasteiger partial charge in [0.1, 0.15) is 6.61 Å². The van der Waals surface area contributed by atoms with Crippen molar-refractivity contribution in [1.82, 2.24) is 15.3 Å². The van der Waals surface area contributed by atoms with E-state index in [2.05, 4.69) is 32.7 Å². The summed E-state index contributed by atoms with van der Waals surface area (Å²) in [6, 6.07) is 28.9. The third-order valence-electron chi connectivity index (χ3n) is 7.13. The Morgan fingerprint density at radius 3 is 2.27 bits per heavy atom. The van der Waals surface area contributed by atoms with Crippen LogP contribution < -0.4 is 16.4 Å². The highest BCUT2D eigenvalue weighted by Crippen LogP contribution is 2.44. The number of carbonyl (C=O) groups is 2. The van der Waals surface area contributed by atoms with Crippen LogP contribution in [0.4, 0.5) is 16.4 Å². The van der Waals surface area contributed by atoms with Crippen molar-refractivity contribution in [3.8, 4) is 11.1 Å². The first-order chi connectivity index (χ1) is 19.5. The normalized spacial score (nSPS) is 13.7. The van der Waals surface area contributed by atoms with Crippen LogP contribution in [0.2, 0.25) is 0 Å². The number of H-pyrrole nitrogens is 1. The van der Waals surface area contributed by atoms with Crippen molar-refractivity contribution >= 4 is 34.7 Å². The molecule has 0 bridgehead atoms. The number of amides is 2. The summed E-state index contributed by atoms with van der Waals surface area (Å²) in [5.41, 5.74) is 12.4. The summed E-state index contributed by atoms with van der Waals surface area (Å²) in [5.74, 6) is -0.553. The molecule has 40 heavy (non-hydrogen) atoms. The van der Waals surface area contributed by atoms with Gasteiger partial charge in [-0.05, 0) is 46.0 Å². The molecule has 2 atom stereocenters. The molecule has 4 aromatic carbocycles. The lowest BCUT2D eigenvalue weighted by Crippen LogP contribution is -2.43. The number of aliphatic hydroxyl groups excluding tert-OH is 1.